The fraction of sp³-hybridized carbons (Fsp3) is 0.444. The van der Waals surface area contributed by atoms with Crippen LogP contribution in [0.4, 0.5) is 36.3 Å². The number of nitrogens with one attached hydrogen (secondary N) is 1. The molecule has 0 aromatic carbocycles. The fourth-order valence-corrected chi connectivity index (χ4v) is 5.90. The molecule has 216 valence electrons. The van der Waals surface area contributed by atoms with Crippen molar-refractivity contribution >= 4 is 29.0 Å². The summed E-state index contributed by atoms with van der Waals surface area (Å²) in [5.41, 5.74) is 11.1. The summed E-state index contributed by atoms with van der Waals surface area (Å²) in [6.45, 7) is 3.33. The number of halogens is 3. The highest BCUT2D eigenvalue weighted by molar-refractivity contribution is 6.06. The molecule has 6 rings (SSSR count). The highest BCUT2D eigenvalue weighted by Crippen LogP contribution is 2.39. The zero-order valence-corrected chi connectivity index (χ0v) is 22.1. The second-order valence-corrected chi connectivity index (χ2v) is 10.6. The van der Waals surface area contributed by atoms with Crippen molar-refractivity contribution in [2.24, 2.45) is 17.6 Å². The van der Waals surface area contributed by atoms with Crippen molar-refractivity contribution in [3.05, 3.63) is 47.9 Å². The lowest BCUT2D eigenvalue weighted by Crippen LogP contribution is -2.49. The standard InChI is InChI=1S/C27H30F3N9O2/c28-27(29,30)17-5-6-20(38-8-10-41-11-9-38)36-22(17)18-12-34-24(32)23(35-18)26(40)37-25-19(2-1-7-33-25)39-13-15-3-4-16(14-39)21(15)31/h1-2,5-7,12,15-16,21H,3-4,8-11,13-14,31H2,(H2,32,34)(H,33,37,40)/t15-,16+,21?. The maximum Gasteiger partial charge on any atom is 0.418 e. The van der Waals surface area contributed by atoms with Gasteiger partial charge in [0.05, 0.1) is 30.7 Å². The Balaban J connectivity index is 1.31. The van der Waals surface area contributed by atoms with Crippen LogP contribution in [-0.4, -0.2) is 71.3 Å². The van der Waals surface area contributed by atoms with Crippen LogP contribution in [0.2, 0.25) is 0 Å². The van der Waals surface area contributed by atoms with E-state index in [9.17, 15) is 18.0 Å². The third-order valence-corrected chi connectivity index (χ3v) is 8.05. The van der Waals surface area contributed by atoms with Crippen LogP contribution < -0.4 is 26.6 Å². The van der Waals surface area contributed by atoms with Crippen LogP contribution in [0.1, 0.15) is 28.9 Å². The van der Waals surface area contributed by atoms with Gasteiger partial charge in [-0.25, -0.2) is 19.9 Å². The van der Waals surface area contributed by atoms with Gasteiger partial charge in [-0.3, -0.25) is 4.79 Å². The molecule has 1 aliphatic carbocycles. The number of hydrogen-bond donors (Lipinski definition) is 3. The average Bonchev–Trinajstić information content (AvgIpc) is 3.16. The third kappa shape index (κ3) is 5.36. The van der Waals surface area contributed by atoms with Gasteiger partial charge in [-0.15, -0.1) is 0 Å². The summed E-state index contributed by atoms with van der Waals surface area (Å²) in [7, 11) is 0. The molecule has 5 heterocycles. The Morgan fingerprint density at radius 2 is 1.76 bits per heavy atom. The molecule has 41 heavy (non-hydrogen) atoms. The van der Waals surface area contributed by atoms with Gasteiger partial charge in [0.15, 0.2) is 17.3 Å². The van der Waals surface area contributed by atoms with Crippen molar-refractivity contribution in [2.45, 2.75) is 25.1 Å². The lowest BCUT2D eigenvalue weighted by Gasteiger charge is -2.38. The number of rotatable bonds is 5. The zero-order chi connectivity index (χ0) is 28.7. The molecule has 2 aliphatic heterocycles. The maximum absolute atomic E-state index is 14.0. The number of pyridine rings is 2. The molecule has 3 aromatic heterocycles. The first-order chi connectivity index (χ1) is 19.7. The highest BCUT2D eigenvalue weighted by Gasteiger charge is 2.40. The van der Waals surface area contributed by atoms with Crippen molar-refractivity contribution < 1.29 is 22.7 Å². The Labute approximate surface area is 234 Å². The Bertz CT molecular complexity index is 1430. The van der Waals surface area contributed by atoms with Crippen LogP contribution in [-0.2, 0) is 10.9 Å². The number of carbonyl (C=O) groups excluding carboxylic acids is 1. The number of alkyl halides is 3. The van der Waals surface area contributed by atoms with Crippen LogP contribution in [0.15, 0.2) is 36.7 Å². The maximum atomic E-state index is 14.0. The molecule has 1 amide bonds. The molecule has 0 spiro atoms. The van der Waals surface area contributed by atoms with Gasteiger partial charge >= 0.3 is 6.18 Å². The number of nitrogens with zero attached hydrogens (tertiary/aromatic N) is 6. The molecule has 2 saturated heterocycles. The van der Waals surface area contributed by atoms with Crippen molar-refractivity contribution in [3.8, 4) is 11.4 Å². The third-order valence-electron chi connectivity index (χ3n) is 8.05. The molecular formula is C27H30F3N9O2. The van der Waals surface area contributed by atoms with Crippen LogP contribution in [0.5, 0.6) is 0 Å². The molecule has 5 N–H and O–H groups in total. The minimum atomic E-state index is -4.71. The number of hydrogen-bond acceptors (Lipinski definition) is 10. The SMILES string of the molecule is Nc1ncc(-c2nc(N3CCOCC3)ccc2C(F)(F)F)nc1C(=O)Nc1ncccc1N1C[C@H]2CC[C@@H](C1)C2N. The zero-order valence-electron chi connectivity index (χ0n) is 22.1. The molecule has 2 bridgehead atoms. The second-order valence-electron chi connectivity index (χ2n) is 10.6. The van der Waals surface area contributed by atoms with E-state index in [0.717, 1.165) is 43.9 Å². The quantitative estimate of drug-likeness (QED) is 0.419. The van der Waals surface area contributed by atoms with Crippen molar-refractivity contribution in [1.29, 1.82) is 0 Å². The van der Waals surface area contributed by atoms with Crippen LogP contribution in [0.25, 0.3) is 11.4 Å². The summed E-state index contributed by atoms with van der Waals surface area (Å²) in [5.74, 6) is 0.380. The predicted octanol–water partition coefficient (Wildman–Crippen LogP) is 2.80. The summed E-state index contributed by atoms with van der Waals surface area (Å²) in [5, 5.41) is 2.74. The summed E-state index contributed by atoms with van der Waals surface area (Å²) in [4.78, 5) is 34.3. The van der Waals surface area contributed by atoms with Gasteiger partial charge in [0.2, 0.25) is 0 Å². The Morgan fingerprint density at radius 3 is 2.46 bits per heavy atom. The molecule has 3 aliphatic rings. The highest BCUT2D eigenvalue weighted by atomic mass is 19.4. The number of morpholine rings is 1. The molecule has 3 atom stereocenters. The number of ether oxygens (including phenoxy) is 1. The van der Waals surface area contributed by atoms with Gasteiger partial charge in [0, 0.05) is 38.4 Å². The predicted molar refractivity (Wildman–Crippen MR) is 146 cm³/mol. The summed E-state index contributed by atoms with van der Waals surface area (Å²) in [6, 6.07) is 6.08. The van der Waals surface area contributed by atoms with Gasteiger partial charge in [-0.1, -0.05) is 0 Å². The van der Waals surface area contributed by atoms with E-state index < -0.39 is 23.3 Å². The van der Waals surface area contributed by atoms with Crippen LogP contribution in [0, 0.1) is 11.8 Å². The molecule has 0 radical (unpaired) electrons. The van der Waals surface area contributed by atoms with E-state index in [1.54, 1.807) is 12.3 Å². The molecule has 1 saturated carbocycles. The molecule has 3 aromatic rings. The van der Waals surface area contributed by atoms with Gasteiger partial charge in [-0.05, 0) is 48.9 Å². The number of anilines is 4. The Morgan fingerprint density at radius 1 is 1.02 bits per heavy atom. The van der Waals surface area contributed by atoms with Gasteiger partial charge < -0.3 is 31.3 Å². The van der Waals surface area contributed by atoms with E-state index in [-0.39, 0.29) is 23.2 Å². The van der Waals surface area contributed by atoms with E-state index in [2.05, 4.69) is 30.2 Å². The summed E-state index contributed by atoms with van der Waals surface area (Å²) in [6.07, 6.45) is 0.0433. The summed E-state index contributed by atoms with van der Waals surface area (Å²) < 4.78 is 47.3. The Hall–Kier alpha value is -4.04. The monoisotopic (exact) mass is 569 g/mol. The average molecular weight is 570 g/mol. The second kappa shape index (κ2) is 10.7. The van der Waals surface area contributed by atoms with Crippen LogP contribution in [0.3, 0.4) is 0 Å². The minimum absolute atomic E-state index is 0.163. The largest absolute Gasteiger partial charge is 0.418 e. The number of aromatic nitrogens is 4. The van der Waals surface area contributed by atoms with E-state index in [1.807, 2.05) is 11.0 Å². The topological polar surface area (TPSA) is 148 Å². The first kappa shape index (κ1) is 27.1. The normalized spacial score (nSPS) is 22.6. The smallest absolute Gasteiger partial charge is 0.382 e. The lowest BCUT2D eigenvalue weighted by molar-refractivity contribution is -0.137. The van der Waals surface area contributed by atoms with E-state index >= 15 is 0 Å². The summed E-state index contributed by atoms with van der Waals surface area (Å²) >= 11 is 0. The Kier molecular flexibility index (Phi) is 7.11. The lowest BCUT2D eigenvalue weighted by atomic mass is 9.93. The number of nitrogen functional groups attached to an aromatic ring is 1. The molecule has 14 heteroatoms. The minimum Gasteiger partial charge on any atom is -0.382 e. The molecule has 3 fully saturated rings. The molecular weight excluding hydrogens is 539 g/mol. The molecule has 11 nitrogen and oxygen atoms in total. The number of piperidine rings is 1. The first-order valence-corrected chi connectivity index (χ1v) is 13.5. The van der Waals surface area contributed by atoms with Gasteiger partial charge in [-0.2, -0.15) is 13.2 Å². The van der Waals surface area contributed by atoms with Gasteiger partial charge in [0.25, 0.3) is 5.91 Å². The van der Waals surface area contributed by atoms with E-state index in [0.29, 0.717) is 49.8 Å². The number of nitrogens with two attached hydrogens (primary N) is 2. The van der Waals surface area contributed by atoms with E-state index in [1.165, 1.54) is 6.07 Å². The first-order valence-electron chi connectivity index (χ1n) is 13.5. The number of amides is 1. The van der Waals surface area contributed by atoms with Crippen LogP contribution >= 0.6 is 0 Å². The van der Waals surface area contributed by atoms with Crippen molar-refractivity contribution in [1.82, 2.24) is 19.9 Å². The fourth-order valence-electron chi connectivity index (χ4n) is 5.90. The van der Waals surface area contributed by atoms with E-state index in [4.69, 9.17) is 16.2 Å². The van der Waals surface area contributed by atoms with Crippen molar-refractivity contribution in [2.75, 3.05) is 60.2 Å². The van der Waals surface area contributed by atoms with Gasteiger partial charge in [0.1, 0.15) is 17.2 Å². The number of fused-ring (bicyclic) bond motifs is 2. The van der Waals surface area contributed by atoms with Crippen molar-refractivity contribution in [3.63, 3.8) is 0 Å². The number of carbonyl (C=O) groups is 1. The molecule has 1 unspecified atom stereocenters.